The van der Waals surface area contributed by atoms with Crippen LogP contribution in [-0.4, -0.2) is 18.7 Å². The van der Waals surface area contributed by atoms with Crippen LogP contribution in [0.4, 0.5) is 0 Å². The van der Waals surface area contributed by atoms with E-state index in [0.717, 1.165) is 5.56 Å². The molecule has 0 saturated carbocycles. The number of hydrogen-bond donors (Lipinski definition) is 1. The van der Waals surface area contributed by atoms with Crippen molar-refractivity contribution < 1.29 is 4.79 Å². The summed E-state index contributed by atoms with van der Waals surface area (Å²) >= 11 is 1.68. The van der Waals surface area contributed by atoms with Gasteiger partial charge in [-0.15, -0.1) is 11.8 Å². The first-order valence-corrected chi connectivity index (χ1v) is 5.89. The minimum atomic E-state index is 0.0917. The Labute approximate surface area is 89.1 Å². The van der Waals surface area contributed by atoms with Crippen LogP contribution in [0.1, 0.15) is 12.5 Å². The molecule has 0 aromatic heterocycles. The highest BCUT2D eigenvalue weighted by molar-refractivity contribution is 7.98. The molecule has 0 aliphatic heterocycles. The third-order valence-corrected chi connectivity index (χ3v) is 2.76. The number of likely N-dealkylation sites (N-methyl/N-ethyl adjacent to an activating group) is 1. The van der Waals surface area contributed by atoms with Crippen LogP contribution in [0, 0.1) is 0 Å². The maximum absolute atomic E-state index is 11.4. The summed E-state index contributed by atoms with van der Waals surface area (Å²) in [7, 11) is 0. The van der Waals surface area contributed by atoms with Gasteiger partial charge in [0.05, 0.1) is 6.42 Å². The highest BCUT2D eigenvalue weighted by Gasteiger charge is 2.05. The second kappa shape index (κ2) is 5.70. The average Bonchev–Trinajstić information content (AvgIpc) is 2.19. The predicted octanol–water partition coefficient (Wildman–Crippen LogP) is 2.09. The molecule has 0 aliphatic carbocycles. The fourth-order valence-corrected chi connectivity index (χ4v) is 1.90. The summed E-state index contributed by atoms with van der Waals surface area (Å²) in [4.78, 5) is 12.5. The van der Waals surface area contributed by atoms with Gasteiger partial charge in [0.1, 0.15) is 0 Å². The van der Waals surface area contributed by atoms with Crippen LogP contribution < -0.4 is 5.32 Å². The number of nitrogens with one attached hydrogen (secondary N) is 1. The molecule has 0 bridgehead atoms. The molecule has 0 aliphatic rings. The third kappa shape index (κ3) is 3.07. The van der Waals surface area contributed by atoms with Gasteiger partial charge in [0, 0.05) is 11.4 Å². The lowest BCUT2D eigenvalue weighted by Gasteiger charge is -2.06. The summed E-state index contributed by atoms with van der Waals surface area (Å²) in [5, 5.41) is 2.80. The number of rotatable bonds is 4. The molecule has 14 heavy (non-hydrogen) atoms. The van der Waals surface area contributed by atoms with Crippen LogP contribution in [0.25, 0.3) is 0 Å². The van der Waals surface area contributed by atoms with Crippen molar-refractivity contribution >= 4 is 17.7 Å². The molecule has 1 rings (SSSR count). The lowest BCUT2D eigenvalue weighted by Crippen LogP contribution is -2.24. The van der Waals surface area contributed by atoms with Crippen molar-refractivity contribution in [1.29, 1.82) is 0 Å². The molecule has 2 nitrogen and oxygen atoms in total. The first-order chi connectivity index (χ1) is 6.77. The van der Waals surface area contributed by atoms with Crippen molar-refractivity contribution in [3.05, 3.63) is 29.8 Å². The zero-order valence-corrected chi connectivity index (χ0v) is 9.36. The van der Waals surface area contributed by atoms with Crippen LogP contribution in [0.2, 0.25) is 0 Å². The molecule has 1 amide bonds. The normalized spacial score (nSPS) is 9.86. The number of benzene rings is 1. The van der Waals surface area contributed by atoms with Crippen LogP contribution in [0.3, 0.4) is 0 Å². The largest absolute Gasteiger partial charge is 0.356 e. The van der Waals surface area contributed by atoms with Crippen LogP contribution >= 0.6 is 11.8 Å². The molecular formula is C11H15NOS. The number of amides is 1. The molecule has 0 spiro atoms. The van der Waals surface area contributed by atoms with E-state index < -0.39 is 0 Å². The van der Waals surface area contributed by atoms with E-state index >= 15 is 0 Å². The first-order valence-electron chi connectivity index (χ1n) is 4.66. The molecule has 3 heteroatoms. The standard InChI is InChI=1S/C11H15NOS/c1-3-12-11(13)8-9-6-4-5-7-10(9)14-2/h4-7H,3,8H2,1-2H3,(H,12,13). The van der Waals surface area contributed by atoms with E-state index in [2.05, 4.69) is 5.32 Å². The second-order valence-corrected chi connectivity index (χ2v) is 3.79. The maximum Gasteiger partial charge on any atom is 0.224 e. The highest BCUT2D eigenvalue weighted by Crippen LogP contribution is 2.19. The molecule has 0 atom stereocenters. The fraction of sp³-hybridized carbons (Fsp3) is 0.364. The van der Waals surface area contributed by atoms with Gasteiger partial charge in [-0.05, 0) is 24.8 Å². The van der Waals surface area contributed by atoms with E-state index in [-0.39, 0.29) is 5.91 Å². The fourth-order valence-electron chi connectivity index (χ4n) is 1.28. The zero-order valence-electron chi connectivity index (χ0n) is 8.54. The van der Waals surface area contributed by atoms with Gasteiger partial charge in [0.2, 0.25) is 5.91 Å². The van der Waals surface area contributed by atoms with Crippen molar-refractivity contribution in [2.75, 3.05) is 12.8 Å². The average molecular weight is 209 g/mol. The smallest absolute Gasteiger partial charge is 0.224 e. The Bertz CT molecular complexity index is 312. The Morgan fingerprint density at radius 1 is 1.43 bits per heavy atom. The summed E-state index contributed by atoms with van der Waals surface area (Å²) in [6.45, 7) is 2.62. The Hall–Kier alpha value is -0.960. The molecular weight excluding hydrogens is 194 g/mol. The van der Waals surface area contributed by atoms with Gasteiger partial charge in [-0.1, -0.05) is 18.2 Å². The maximum atomic E-state index is 11.4. The number of hydrogen-bond acceptors (Lipinski definition) is 2. The third-order valence-electron chi connectivity index (χ3n) is 1.92. The minimum absolute atomic E-state index is 0.0917. The summed E-state index contributed by atoms with van der Waals surface area (Å²) in [5.41, 5.74) is 1.10. The molecule has 0 heterocycles. The van der Waals surface area contributed by atoms with Crippen molar-refractivity contribution in [2.45, 2.75) is 18.2 Å². The highest BCUT2D eigenvalue weighted by atomic mass is 32.2. The molecule has 0 fully saturated rings. The Morgan fingerprint density at radius 3 is 2.79 bits per heavy atom. The van der Waals surface area contributed by atoms with E-state index in [1.807, 2.05) is 37.4 Å². The molecule has 1 N–H and O–H groups in total. The molecule has 0 saturated heterocycles. The number of carbonyl (C=O) groups excluding carboxylic acids is 1. The van der Waals surface area contributed by atoms with Gasteiger partial charge in [0.15, 0.2) is 0 Å². The van der Waals surface area contributed by atoms with Crippen molar-refractivity contribution in [3.63, 3.8) is 0 Å². The molecule has 1 aromatic rings. The quantitative estimate of drug-likeness (QED) is 0.769. The van der Waals surface area contributed by atoms with E-state index in [1.54, 1.807) is 11.8 Å². The SMILES string of the molecule is CCNC(=O)Cc1ccccc1SC. The van der Waals surface area contributed by atoms with Crippen molar-refractivity contribution in [3.8, 4) is 0 Å². The molecule has 1 aromatic carbocycles. The second-order valence-electron chi connectivity index (χ2n) is 2.94. The molecule has 76 valence electrons. The number of carbonyl (C=O) groups is 1. The Balaban J connectivity index is 2.70. The monoisotopic (exact) mass is 209 g/mol. The predicted molar refractivity (Wildman–Crippen MR) is 60.6 cm³/mol. The lowest BCUT2D eigenvalue weighted by atomic mass is 10.1. The van der Waals surface area contributed by atoms with Gasteiger partial charge in [0.25, 0.3) is 0 Å². The topological polar surface area (TPSA) is 29.1 Å². The van der Waals surface area contributed by atoms with Crippen LogP contribution in [0.15, 0.2) is 29.2 Å². The van der Waals surface area contributed by atoms with E-state index in [0.29, 0.717) is 13.0 Å². The first kappa shape index (κ1) is 11.1. The van der Waals surface area contributed by atoms with E-state index in [4.69, 9.17) is 0 Å². The molecule has 0 unspecified atom stereocenters. The van der Waals surface area contributed by atoms with Gasteiger partial charge in [-0.3, -0.25) is 4.79 Å². The minimum Gasteiger partial charge on any atom is -0.356 e. The number of thioether (sulfide) groups is 1. The summed E-state index contributed by atoms with van der Waals surface area (Å²) < 4.78 is 0. The Kier molecular flexibility index (Phi) is 4.53. The Morgan fingerprint density at radius 2 is 2.14 bits per heavy atom. The summed E-state index contributed by atoms with van der Waals surface area (Å²) in [5.74, 6) is 0.0917. The van der Waals surface area contributed by atoms with Crippen molar-refractivity contribution in [1.82, 2.24) is 5.32 Å². The van der Waals surface area contributed by atoms with Crippen LogP contribution in [-0.2, 0) is 11.2 Å². The van der Waals surface area contributed by atoms with Gasteiger partial charge in [-0.25, -0.2) is 0 Å². The summed E-state index contributed by atoms with van der Waals surface area (Å²) in [6, 6.07) is 8.00. The summed E-state index contributed by atoms with van der Waals surface area (Å²) in [6.07, 6.45) is 2.50. The zero-order chi connectivity index (χ0) is 10.4. The van der Waals surface area contributed by atoms with Gasteiger partial charge >= 0.3 is 0 Å². The van der Waals surface area contributed by atoms with Crippen molar-refractivity contribution in [2.24, 2.45) is 0 Å². The van der Waals surface area contributed by atoms with Crippen LogP contribution in [0.5, 0.6) is 0 Å². The van der Waals surface area contributed by atoms with E-state index in [1.165, 1.54) is 4.90 Å². The van der Waals surface area contributed by atoms with Gasteiger partial charge in [-0.2, -0.15) is 0 Å². The molecule has 0 radical (unpaired) electrons. The van der Waals surface area contributed by atoms with Gasteiger partial charge < -0.3 is 5.32 Å². The van der Waals surface area contributed by atoms with E-state index in [9.17, 15) is 4.79 Å². The lowest BCUT2D eigenvalue weighted by molar-refractivity contribution is -0.120.